The molecule has 8 heteroatoms. The second-order valence-electron chi connectivity index (χ2n) is 7.70. The number of methoxy groups -OCH3 is 1. The Bertz CT molecular complexity index is 905. The quantitative estimate of drug-likeness (QED) is 0.609. The van der Waals surface area contributed by atoms with Gasteiger partial charge in [0, 0.05) is 13.0 Å². The van der Waals surface area contributed by atoms with Gasteiger partial charge in [-0.15, -0.1) is 0 Å². The summed E-state index contributed by atoms with van der Waals surface area (Å²) in [4.78, 5) is 39.1. The number of carbonyl (C=O) groups is 3. The van der Waals surface area contributed by atoms with Gasteiger partial charge in [0.1, 0.15) is 18.7 Å². The molecular formula is C24H28N2O6. The average Bonchev–Trinajstić information content (AvgIpc) is 3.22. The number of alkyl carbamates (subject to hydrolysis) is 1. The zero-order valence-corrected chi connectivity index (χ0v) is 18.0. The normalized spacial score (nSPS) is 18.6. The first kappa shape index (κ1) is 23.3. The fourth-order valence-corrected chi connectivity index (χ4v) is 3.74. The van der Waals surface area contributed by atoms with Crippen LogP contribution in [0.25, 0.3) is 0 Å². The second kappa shape index (κ2) is 11.3. The number of ether oxygens (including phenoxy) is 2. The van der Waals surface area contributed by atoms with Crippen LogP contribution >= 0.6 is 0 Å². The molecule has 2 aromatic rings. The third-order valence-corrected chi connectivity index (χ3v) is 5.40. The van der Waals surface area contributed by atoms with E-state index in [-0.39, 0.29) is 19.6 Å². The highest BCUT2D eigenvalue weighted by Gasteiger charge is 2.42. The van der Waals surface area contributed by atoms with Crippen molar-refractivity contribution < 1.29 is 29.0 Å². The first-order valence-corrected chi connectivity index (χ1v) is 10.6. The molecule has 0 unspecified atom stereocenters. The lowest BCUT2D eigenvalue weighted by Gasteiger charge is -2.27. The van der Waals surface area contributed by atoms with E-state index in [0.717, 1.165) is 11.1 Å². The Morgan fingerprint density at radius 2 is 1.69 bits per heavy atom. The van der Waals surface area contributed by atoms with Crippen molar-refractivity contribution in [2.24, 2.45) is 0 Å². The number of rotatable bonds is 8. The first-order valence-electron chi connectivity index (χ1n) is 10.6. The molecule has 1 fully saturated rings. The molecule has 2 N–H and O–H groups in total. The van der Waals surface area contributed by atoms with Crippen LogP contribution in [-0.2, 0) is 32.1 Å². The van der Waals surface area contributed by atoms with E-state index in [4.69, 9.17) is 9.47 Å². The summed E-state index contributed by atoms with van der Waals surface area (Å²) in [7, 11) is 1.24. The van der Waals surface area contributed by atoms with E-state index in [1.54, 1.807) is 0 Å². The molecule has 0 bridgehead atoms. The summed E-state index contributed by atoms with van der Waals surface area (Å²) in [6, 6.07) is 17.0. The monoisotopic (exact) mass is 440 g/mol. The molecule has 2 amide bonds. The average molecular weight is 440 g/mol. The van der Waals surface area contributed by atoms with E-state index in [0.29, 0.717) is 12.8 Å². The van der Waals surface area contributed by atoms with Crippen molar-refractivity contribution in [2.45, 2.75) is 44.1 Å². The van der Waals surface area contributed by atoms with Gasteiger partial charge >= 0.3 is 12.1 Å². The van der Waals surface area contributed by atoms with Gasteiger partial charge in [-0.25, -0.2) is 9.59 Å². The lowest BCUT2D eigenvalue weighted by Crippen LogP contribution is -2.52. The number of aliphatic hydroxyl groups excluding tert-OH is 1. The molecule has 2 aromatic carbocycles. The maximum atomic E-state index is 13.3. The minimum Gasteiger partial charge on any atom is -0.467 e. The van der Waals surface area contributed by atoms with Gasteiger partial charge in [0.25, 0.3) is 0 Å². The smallest absolute Gasteiger partial charge is 0.408 e. The molecule has 1 heterocycles. The Morgan fingerprint density at radius 1 is 1.06 bits per heavy atom. The van der Waals surface area contributed by atoms with Crippen molar-refractivity contribution in [1.82, 2.24) is 10.2 Å². The van der Waals surface area contributed by atoms with Gasteiger partial charge in [-0.2, -0.15) is 0 Å². The summed E-state index contributed by atoms with van der Waals surface area (Å²) in [5.74, 6) is -1.05. The number of hydrogen-bond donors (Lipinski definition) is 2. The molecule has 3 rings (SSSR count). The molecule has 0 saturated carbocycles. The topological polar surface area (TPSA) is 105 Å². The van der Waals surface area contributed by atoms with Crippen LogP contribution in [0.1, 0.15) is 24.0 Å². The number of β-amino-alcohol motifs (C(OH)–C–C–N with tert-alkyl or cyclic N) is 1. The standard InChI is InChI=1S/C24H28N2O6/c1-31-23(29)21-14-19(27)15-26(21)22(28)20(13-12-17-8-4-2-5-9-17)25-24(30)32-16-18-10-6-3-7-11-18/h2-11,19-21,27H,12-16H2,1H3,(H,25,30)/t19-,20-,21+/m1/s1. The number of esters is 1. The Labute approximate surface area is 187 Å². The number of nitrogens with zero attached hydrogens (tertiary/aromatic N) is 1. The maximum absolute atomic E-state index is 13.3. The fourth-order valence-electron chi connectivity index (χ4n) is 3.74. The molecule has 1 aliphatic rings. The first-order chi connectivity index (χ1) is 15.5. The van der Waals surface area contributed by atoms with Crippen molar-refractivity contribution >= 4 is 18.0 Å². The van der Waals surface area contributed by atoms with Gasteiger partial charge < -0.3 is 24.8 Å². The van der Waals surface area contributed by atoms with Crippen LogP contribution in [0.4, 0.5) is 4.79 Å². The van der Waals surface area contributed by atoms with Crippen LogP contribution in [-0.4, -0.2) is 59.8 Å². The summed E-state index contributed by atoms with van der Waals surface area (Å²) in [5.41, 5.74) is 1.83. The van der Waals surface area contributed by atoms with E-state index < -0.39 is 36.2 Å². The highest BCUT2D eigenvalue weighted by Crippen LogP contribution is 2.21. The molecule has 0 aromatic heterocycles. The third-order valence-electron chi connectivity index (χ3n) is 5.40. The molecule has 0 aliphatic carbocycles. The maximum Gasteiger partial charge on any atom is 0.408 e. The third kappa shape index (κ3) is 6.31. The molecule has 170 valence electrons. The fraction of sp³-hybridized carbons (Fsp3) is 0.375. The highest BCUT2D eigenvalue weighted by molar-refractivity contribution is 5.90. The predicted molar refractivity (Wildman–Crippen MR) is 116 cm³/mol. The van der Waals surface area contributed by atoms with Gasteiger partial charge in [-0.3, -0.25) is 4.79 Å². The Morgan fingerprint density at radius 3 is 2.31 bits per heavy atom. The van der Waals surface area contributed by atoms with E-state index in [1.807, 2.05) is 60.7 Å². The molecule has 0 spiro atoms. The zero-order valence-electron chi connectivity index (χ0n) is 18.0. The lowest BCUT2D eigenvalue weighted by molar-refractivity contribution is -0.151. The molecule has 8 nitrogen and oxygen atoms in total. The van der Waals surface area contributed by atoms with Gasteiger partial charge in [-0.1, -0.05) is 60.7 Å². The Kier molecular flexibility index (Phi) is 8.21. The van der Waals surface area contributed by atoms with E-state index in [9.17, 15) is 19.5 Å². The minimum absolute atomic E-state index is 0.00117. The van der Waals surface area contributed by atoms with Gasteiger partial charge in [0.05, 0.1) is 13.2 Å². The van der Waals surface area contributed by atoms with Crippen LogP contribution < -0.4 is 5.32 Å². The summed E-state index contributed by atoms with van der Waals surface area (Å²) in [6.45, 7) is 0.0701. The van der Waals surface area contributed by atoms with Crippen LogP contribution in [0.2, 0.25) is 0 Å². The van der Waals surface area contributed by atoms with Crippen molar-refractivity contribution in [3.63, 3.8) is 0 Å². The summed E-state index contributed by atoms with van der Waals surface area (Å²) in [5, 5.41) is 12.7. The molecule has 3 atom stereocenters. The van der Waals surface area contributed by atoms with E-state index >= 15 is 0 Å². The number of aliphatic hydroxyl groups is 1. The zero-order chi connectivity index (χ0) is 22.9. The second-order valence-corrected chi connectivity index (χ2v) is 7.70. The molecular weight excluding hydrogens is 412 g/mol. The van der Waals surface area contributed by atoms with Crippen molar-refractivity contribution in [1.29, 1.82) is 0 Å². The molecule has 0 radical (unpaired) electrons. The Balaban J connectivity index is 1.69. The highest BCUT2D eigenvalue weighted by atomic mass is 16.5. The predicted octanol–water partition coefficient (Wildman–Crippen LogP) is 2.05. The minimum atomic E-state index is -0.920. The van der Waals surface area contributed by atoms with E-state index in [2.05, 4.69) is 5.32 Å². The van der Waals surface area contributed by atoms with Gasteiger partial charge in [0.15, 0.2) is 0 Å². The van der Waals surface area contributed by atoms with Crippen LogP contribution in [0.3, 0.4) is 0 Å². The molecule has 1 saturated heterocycles. The number of amides is 2. The van der Waals surface area contributed by atoms with Crippen molar-refractivity contribution in [2.75, 3.05) is 13.7 Å². The summed E-state index contributed by atoms with van der Waals surface area (Å²) >= 11 is 0. The lowest BCUT2D eigenvalue weighted by atomic mass is 10.0. The summed E-state index contributed by atoms with van der Waals surface area (Å²) < 4.78 is 10.1. The Hall–Kier alpha value is -3.39. The SMILES string of the molecule is COC(=O)[C@@H]1C[C@@H](O)CN1C(=O)[C@@H](CCc1ccccc1)NC(=O)OCc1ccccc1. The molecule has 32 heavy (non-hydrogen) atoms. The summed E-state index contributed by atoms with van der Waals surface area (Å²) in [6.07, 6.45) is -0.612. The van der Waals surface area contributed by atoms with Gasteiger partial charge in [-0.05, 0) is 24.0 Å². The number of nitrogens with one attached hydrogen (secondary N) is 1. The number of benzene rings is 2. The number of hydrogen-bond acceptors (Lipinski definition) is 6. The van der Waals surface area contributed by atoms with Crippen LogP contribution in [0.15, 0.2) is 60.7 Å². The van der Waals surface area contributed by atoms with Crippen LogP contribution in [0.5, 0.6) is 0 Å². The van der Waals surface area contributed by atoms with Crippen molar-refractivity contribution in [3.05, 3.63) is 71.8 Å². The number of likely N-dealkylation sites (tertiary alicyclic amines) is 1. The molecule has 1 aliphatic heterocycles. The van der Waals surface area contributed by atoms with E-state index in [1.165, 1.54) is 12.0 Å². The van der Waals surface area contributed by atoms with Gasteiger partial charge in [0.2, 0.25) is 5.91 Å². The largest absolute Gasteiger partial charge is 0.467 e. The number of aryl methyl sites for hydroxylation is 1. The van der Waals surface area contributed by atoms with Crippen molar-refractivity contribution in [3.8, 4) is 0 Å². The number of carbonyl (C=O) groups excluding carboxylic acids is 3. The van der Waals surface area contributed by atoms with Crippen LogP contribution in [0, 0.1) is 0 Å².